The van der Waals surface area contributed by atoms with Crippen LogP contribution in [0.4, 0.5) is 0 Å². The third kappa shape index (κ3) is 3.70. The van der Waals surface area contributed by atoms with E-state index in [1.807, 2.05) is 41.1 Å². The van der Waals surface area contributed by atoms with Crippen molar-refractivity contribution in [2.24, 2.45) is 12.8 Å². The van der Waals surface area contributed by atoms with Crippen LogP contribution in [0.3, 0.4) is 0 Å². The van der Waals surface area contributed by atoms with Crippen molar-refractivity contribution in [2.45, 2.75) is 37.8 Å². The molecular formula is C18H26N4O2. The van der Waals surface area contributed by atoms with Crippen LogP contribution in [0.15, 0.2) is 24.5 Å². The molecule has 0 aromatic carbocycles. The van der Waals surface area contributed by atoms with Crippen LogP contribution in [-0.2, 0) is 16.6 Å². The van der Waals surface area contributed by atoms with E-state index in [1.54, 1.807) is 6.08 Å². The standard InChI is InChI=1S/C18H26N4O2/c1-20-10-6-14(13-20)4-5-17(23)21-11-7-15(8-12-21)22-9-2-3-16(22)18(19)24/h4-6,10,13,15-16H,2-3,7-9,11-12H2,1H3,(H2,19,24)/b5-4+. The van der Waals surface area contributed by atoms with Gasteiger partial charge in [-0.15, -0.1) is 0 Å². The normalized spacial score (nSPS) is 23.2. The number of aromatic nitrogens is 1. The van der Waals surface area contributed by atoms with Gasteiger partial charge in [-0.3, -0.25) is 14.5 Å². The zero-order valence-corrected chi connectivity index (χ0v) is 14.2. The van der Waals surface area contributed by atoms with E-state index < -0.39 is 0 Å². The average Bonchev–Trinajstić information content (AvgIpc) is 3.21. The summed E-state index contributed by atoms with van der Waals surface area (Å²) in [6.45, 7) is 2.43. The quantitative estimate of drug-likeness (QED) is 0.837. The van der Waals surface area contributed by atoms with Gasteiger partial charge < -0.3 is 15.2 Å². The van der Waals surface area contributed by atoms with Gasteiger partial charge in [-0.05, 0) is 49.9 Å². The predicted molar refractivity (Wildman–Crippen MR) is 93.0 cm³/mol. The number of hydrogen-bond donors (Lipinski definition) is 1. The number of amides is 2. The fourth-order valence-electron chi connectivity index (χ4n) is 3.85. The number of piperidine rings is 1. The van der Waals surface area contributed by atoms with Crippen LogP contribution < -0.4 is 5.73 Å². The molecule has 130 valence electrons. The lowest BCUT2D eigenvalue weighted by atomic mass is 10.0. The summed E-state index contributed by atoms with van der Waals surface area (Å²) in [7, 11) is 1.96. The van der Waals surface area contributed by atoms with Crippen molar-refractivity contribution in [1.82, 2.24) is 14.4 Å². The molecule has 6 heteroatoms. The van der Waals surface area contributed by atoms with Gasteiger partial charge in [0.2, 0.25) is 11.8 Å². The minimum absolute atomic E-state index is 0.0603. The topological polar surface area (TPSA) is 71.6 Å². The van der Waals surface area contributed by atoms with E-state index in [1.165, 1.54) is 0 Å². The van der Waals surface area contributed by atoms with Gasteiger partial charge in [0.05, 0.1) is 6.04 Å². The third-order valence-corrected chi connectivity index (χ3v) is 5.14. The molecule has 2 fully saturated rings. The Hall–Kier alpha value is -2.08. The van der Waals surface area contributed by atoms with Crippen LogP contribution in [0.5, 0.6) is 0 Å². The molecular weight excluding hydrogens is 304 g/mol. The van der Waals surface area contributed by atoms with Crippen molar-refractivity contribution >= 4 is 17.9 Å². The van der Waals surface area contributed by atoms with E-state index in [0.717, 1.165) is 50.9 Å². The SMILES string of the molecule is Cn1ccc(/C=C/C(=O)N2CCC(N3CCCC3C(N)=O)CC2)c1. The summed E-state index contributed by atoms with van der Waals surface area (Å²) < 4.78 is 1.96. The lowest BCUT2D eigenvalue weighted by molar-refractivity contribution is -0.129. The summed E-state index contributed by atoms with van der Waals surface area (Å²) >= 11 is 0. The number of carbonyl (C=O) groups is 2. The molecule has 3 rings (SSSR count). The second-order valence-electron chi connectivity index (χ2n) is 6.80. The highest BCUT2D eigenvalue weighted by Crippen LogP contribution is 2.26. The highest BCUT2D eigenvalue weighted by atomic mass is 16.2. The Morgan fingerprint density at radius 1 is 1.21 bits per heavy atom. The van der Waals surface area contributed by atoms with Crippen LogP contribution in [0.2, 0.25) is 0 Å². The Morgan fingerprint density at radius 2 is 1.96 bits per heavy atom. The van der Waals surface area contributed by atoms with Gasteiger partial charge in [0.25, 0.3) is 0 Å². The highest BCUT2D eigenvalue weighted by Gasteiger charge is 2.35. The van der Waals surface area contributed by atoms with Gasteiger partial charge in [-0.25, -0.2) is 0 Å². The number of primary amides is 1. The maximum atomic E-state index is 12.3. The number of nitrogens with zero attached hydrogens (tertiary/aromatic N) is 3. The number of aryl methyl sites for hydroxylation is 1. The van der Waals surface area contributed by atoms with Crippen molar-refractivity contribution in [3.63, 3.8) is 0 Å². The number of nitrogens with two attached hydrogens (primary N) is 1. The first-order valence-corrected chi connectivity index (χ1v) is 8.68. The summed E-state index contributed by atoms with van der Waals surface area (Å²) in [5.41, 5.74) is 6.54. The Bertz CT molecular complexity index is 629. The van der Waals surface area contributed by atoms with Crippen LogP contribution in [0, 0.1) is 0 Å². The van der Waals surface area contributed by atoms with Gasteiger partial charge in [0, 0.05) is 44.6 Å². The Morgan fingerprint density at radius 3 is 2.58 bits per heavy atom. The minimum atomic E-state index is -0.211. The lowest BCUT2D eigenvalue weighted by Gasteiger charge is -2.38. The molecule has 0 radical (unpaired) electrons. The summed E-state index contributed by atoms with van der Waals surface area (Å²) in [4.78, 5) is 28.0. The number of hydrogen-bond acceptors (Lipinski definition) is 3. The first-order valence-electron chi connectivity index (χ1n) is 8.68. The predicted octanol–water partition coefficient (Wildman–Crippen LogP) is 0.979. The van der Waals surface area contributed by atoms with Crippen molar-refractivity contribution in [3.05, 3.63) is 30.1 Å². The molecule has 2 N–H and O–H groups in total. The van der Waals surface area contributed by atoms with E-state index in [9.17, 15) is 9.59 Å². The molecule has 2 saturated heterocycles. The zero-order chi connectivity index (χ0) is 17.1. The van der Waals surface area contributed by atoms with E-state index in [-0.39, 0.29) is 17.9 Å². The van der Waals surface area contributed by atoms with Crippen molar-refractivity contribution < 1.29 is 9.59 Å². The molecule has 0 saturated carbocycles. The number of rotatable bonds is 4. The third-order valence-electron chi connectivity index (χ3n) is 5.14. The van der Waals surface area contributed by atoms with Crippen LogP contribution >= 0.6 is 0 Å². The minimum Gasteiger partial charge on any atom is -0.368 e. The van der Waals surface area contributed by atoms with Gasteiger partial charge in [0.15, 0.2) is 0 Å². The van der Waals surface area contributed by atoms with Crippen LogP contribution in [0.1, 0.15) is 31.2 Å². The van der Waals surface area contributed by atoms with E-state index in [0.29, 0.717) is 6.04 Å². The zero-order valence-electron chi connectivity index (χ0n) is 14.2. The van der Waals surface area contributed by atoms with Gasteiger partial charge in [0.1, 0.15) is 0 Å². The largest absolute Gasteiger partial charge is 0.368 e. The number of carbonyl (C=O) groups excluding carboxylic acids is 2. The summed E-state index contributed by atoms with van der Waals surface area (Å²) in [5, 5.41) is 0. The monoisotopic (exact) mass is 330 g/mol. The summed E-state index contributed by atoms with van der Waals surface area (Å²) in [6, 6.07) is 2.23. The van der Waals surface area contributed by atoms with Crippen molar-refractivity contribution in [3.8, 4) is 0 Å². The molecule has 1 atom stereocenters. The van der Waals surface area contributed by atoms with Gasteiger partial charge >= 0.3 is 0 Å². The molecule has 3 heterocycles. The molecule has 1 aromatic rings. The molecule has 0 spiro atoms. The first-order chi connectivity index (χ1) is 11.5. The second kappa shape index (κ2) is 7.21. The lowest BCUT2D eigenvalue weighted by Crippen LogP contribution is -2.51. The van der Waals surface area contributed by atoms with Gasteiger partial charge in [-0.1, -0.05) is 0 Å². The Labute approximate surface area is 142 Å². The molecule has 1 unspecified atom stereocenters. The van der Waals surface area contributed by atoms with Crippen LogP contribution in [0.25, 0.3) is 6.08 Å². The van der Waals surface area contributed by atoms with E-state index in [2.05, 4.69) is 4.90 Å². The Balaban J connectivity index is 1.52. The first kappa shape index (κ1) is 16.8. The summed E-state index contributed by atoms with van der Waals surface area (Å²) in [6.07, 6.45) is 11.2. The molecule has 1 aromatic heterocycles. The summed E-state index contributed by atoms with van der Waals surface area (Å²) in [5.74, 6) is -0.151. The van der Waals surface area contributed by atoms with E-state index >= 15 is 0 Å². The second-order valence-corrected chi connectivity index (χ2v) is 6.80. The average molecular weight is 330 g/mol. The van der Waals surface area contributed by atoms with Crippen molar-refractivity contribution in [1.29, 1.82) is 0 Å². The highest BCUT2D eigenvalue weighted by molar-refractivity contribution is 5.91. The van der Waals surface area contributed by atoms with Crippen LogP contribution in [-0.4, -0.2) is 57.9 Å². The molecule has 6 nitrogen and oxygen atoms in total. The molecule has 0 bridgehead atoms. The van der Waals surface area contributed by atoms with Crippen molar-refractivity contribution in [2.75, 3.05) is 19.6 Å². The fraction of sp³-hybridized carbons (Fsp3) is 0.556. The van der Waals surface area contributed by atoms with E-state index in [4.69, 9.17) is 5.73 Å². The molecule has 2 amide bonds. The Kier molecular flexibility index (Phi) is 5.04. The smallest absolute Gasteiger partial charge is 0.246 e. The number of likely N-dealkylation sites (tertiary alicyclic amines) is 2. The van der Waals surface area contributed by atoms with Gasteiger partial charge in [-0.2, -0.15) is 0 Å². The maximum Gasteiger partial charge on any atom is 0.246 e. The molecule has 2 aliphatic rings. The maximum absolute atomic E-state index is 12.3. The fourth-order valence-corrected chi connectivity index (χ4v) is 3.85. The molecule has 24 heavy (non-hydrogen) atoms. The molecule has 2 aliphatic heterocycles. The molecule has 0 aliphatic carbocycles.